The molecule has 3 atom stereocenters. The van der Waals surface area contributed by atoms with Crippen LogP contribution in [0.3, 0.4) is 0 Å². The van der Waals surface area contributed by atoms with Gasteiger partial charge in [-0.3, -0.25) is 4.68 Å². The lowest BCUT2D eigenvalue weighted by molar-refractivity contribution is 0.183. The predicted molar refractivity (Wildman–Crippen MR) is 92.6 cm³/mol. The summed E-state index contributed by atoms with van der Waals surface area (Å²) in [5.41, 5.74) is 2.62. The molecule has 120 valence electrons. The molecule has 2 rings (SSSR count). The molecule has 1 aromatic heterocycles. The van der Waals surface area contributed by atoms with Crippen LogP contribution < -0.4 is 5.32 Å². The fourth-order valence-electron chi connectivity index (χ4n) is 3.80. The van der Waals surface area contributed by atoms with Crippen LogP contribution in [0, 0.1) is 17.8 Å². The van der Waals surface area contributed by atoms with Gasteiger partial charge in [0.25, 0.3) is 0 Å². The number of aryl methyl sites for hydroxylation is 2. The van der Waals surface area contributed by atoms with E-state index < -0.39 is 0 Å². The van der Waals surface area contributed by atoms with Gasteiger partial charge in [-0.1, -0.05) is 20.3 Å². The summed E-state index contributed by atoms with van der Waals surface area (Å²) in [6.45, 7) is 8.90. The van der Waals surface area contributed by atoms with Gasteiger partial charge in [-0.25, -0.2) is 0 Å². The smallest absolute Gasteiger partial charge is 0.0766 e. The number of aromatic nitrogens is 2. The maximum Gasteiger partial charge on any atom is 0.0766 e. The minimum absolute atomic E-state index is 0.782. The molecule has 1 saturated carbocycles. The lowest BCUT2D eigenvalue weighted by Gasteiger charge is -2.35. The zero-order valence-electron chi connectivity index (χ0n) is 14.0. The van der Waals surface area contributed by atoms with Crippen LogP contribution in [0.4, 0.5) is 0 Å². The standard InChI is InChI=1S/C17H30BrN3/c1-5-15-17(18)16(21(6-2)20-15)10-14-9-12(3)7-8-13(14)11-19-4/h12-14,19H,5-11H2,1-4H3. The Morgan fingerprint density at radius 3 is 2.67 bits per heavy atom. The van der Waals surface area contributed by atoms with E-state index in [9.17, 15) is 0 Å². The fourth-order valence-corrected chi connectivity index (χ4v) is 4.53. The molecular weight excluding hydrogens is 326 g/mol. The Hall–Kier alpha value is -0.350. The van der Waals surface area contributed by atoms with Crippen LogP contribution in [0.5, 0.6) is 0 Å². The quantitative estimate of drug-likeness (QED) is 0.834. The van der Waals surface area contributed by atoms with Crippen molar-refractivity contribution in [1.82, 2.24) is 15.1 Å². The highest BCUT2D eigenvalue weighted by Gasteiger charge is 2.30. The Morgan fingerprint density at radius 2 is 2.05 bits per heavy atom. The summed E-state index contributed by atoms with van der Waals surface area (Å²) in [5.74, 6) is 2.46. The van der Waals surface area contributed by atoms with Crippen molar-refractivity contribution in [1.29, 1.82) is 0 Å². The maximum absolute atomic E-state index is 4.76. The van der Waals surface area contributed by atoms with Gasteiger partial charge in [0.15, 0.2) is 0 Å². The van der Waals surface area contributed by atoms with E-state index in [1.54, 1.807) is 0 Å². The Balaban J connectivity index is 2.19. The van der Waals surface area contributed by atoms with E-state index in [0.29, 0.717) is 0 Å². The van der Waals surface area contributed by atoms with Crippen LogP contribution in [-0.4, -0.2) is 23.4 Å². The van der Waals surface area contributed by atoms with Crippen molar-refractivity contribution in [3.63, 3.8) is 0 Å². The summed E-state index contributed by atoms with van der Waals surface area (Å²) in [6, 6.07) is 0. The van der Waals surface area contributed by atoms with E-state index in [4.69, 9.17) is 5.10 Å². The molecule has 0 spiro atoms. The first kappa shape index (κ1) is 17.0. The average molecular weight is 356 g/mol. The third kappa shape index (κ3) is 3.89. The Kier molecular flexibility index (Phi) is 6.30. The van der Waals surface area contributed by atoms with Crippen LogP contribution in [0.2, 0.25) is 0 Å². The molecule has 0 bridgehead atoms. The third-order valence-electron chi connectivity index (χ3n) is 5.02. The summed E-state index contributed by atoms with van der Waals surface area (Å²) in [7, 11) is 2.08. The second kappa shape index (κ2) is 7.77. The van der Waals surface area contributed by atoms with Crippen molar-refractivity contribution in [2.24, 2.45) is 17.8 Å². The summed E-state index contributed by atoms with van der Waals surface area (Å²) >= 11 is 3.80. The van der Waals surface area contributed by atoms with Crippen molar-refractivity contribution in [2.45, 2.75) is 59.4 Å². The van der Waals surface area contributed by atoms with Crippen molar-refractivity contribution < 1.29 is 0 Å². The highest BCUT2D eigenvalue weighted by molar-refractivity contribution is 9.10. The number of hydrogen-bond acceptors (Lipinski definition) is 2. The Labute approximate surface area is 138 Å². The molecule has 1 N–H and O–H groups in total. The molecule has 1 aromatic rings. The first-order valence-electron chi connectivity index (χ1n) is 8.49. The molecule has 0 radical (unpaired) electrons. The van der Waals surface area contributed by atoms with Crippen molar-refractivity contribution in [3.05, 3.63) is 15.9 Å². The molecule has 4 heteroatoms. The lowest BCUT2D eigenvalue weighted by atomic mass is 9.72. The van der Waals surface area contributed by atoms with Crippen molar-refractivity contribution in [3.8, 4) is 0 Å². The highest BCUT2D eigenvalue weighted by Crippen LogP contribution is 2.37. The number of hydrogen-bond donors (Lipinski definition) is 1. The van der Waals surface area contributed by atoms with Gasteiger partial charge in [0.1, 0.15) is 0 Å². The molecule has 1 fully saturated rings. The lowest BCUT2D eigenvalue weighted by Crippen LogP contribution is -2.33. The molecule has 0 aromatic carbocycles. The summed E-state index contributed by atoms with van der Waals surface area (Å²) in [6.07, 6.45) is 6.28. The van der Waals surface area contributed by atoms with Crippen LogP contribution in [0.1, 0.15) is 51.4 Å². The fraction of sp³-hybridized carbons (Fsp3) is 0.824. The van der Waals surface area contributed by atoms with Gasteiger partial charge in [0.05, 0.1) is 15.9 Å². The zero-order valence-corrected chi connectivity index (χ0v) is 15.5. The maximum atomic E-state index is 4.76. The SMILES string of the molecule is CCc1nn(CC)c(CC2CC(C)CCC2CNC)c1Br. The van der Waals surface area contributed by atoms with Gasteiger partial charge in [-0.2, -0.15) is 5.10 Å². The van der Waals surface area contributed by atoms with Crippen molar-refractivity contribution in [2.75, 3.05) is 13.6 Å². The van der Waals surface area contributed by atoms with E-state index in [0.717, 1.165) is 43.7 Å². The summed E-state index contributed by atoms with van der Waals surface area (Å²) < 4.78 is 3.46. The van der Waals surface area contributed by atoms with E-state index >= 15 is 0 Å². The van der Waals surface area contributed by atoms with Gasteiger partial charge in [-0.05, 0) is 79.9 Å². The molecular formula is C17H30BrN3. The van der Waals surface area contributed by atoms with E-state index in [2.05, 4.69) is 53.7 Å². The van der Waals surface area contributed by atoms with E-state index in [-0.39, 0.29) is 0 Å². The highest BCUT2D eigenvalue weighted by atomic mass is 79.9. The molecule has 1 aliphatic carbocycles. The number of halogens is 1. The number of rotatable bonds is 6. The van der Waals surface area contributed by atoms with E-state index in [1.165, 1.54) is 35.1 Å². The predicted octanol–water partition coefficient (Wildman–Crippen LogP) is 4.04. The third-order valence-corrected chi connectivity index (χ3v) is 5.93. The van der Waals surface area contributed by atoms with E-state index in [1.807, 2.05) is 0 Å². The van der Waals surface area contributed by atoms with Gasteiger partial charge in [0.2, 0.25) is 0 Å². The van der Waals surface area contributed by atoms with Crippen molar-refractivity contribution >= 4 is 15.9 Å². The molecule has 0 saturated heterocycles. The van der Waals surface area contributed by atoms with Crippen LogP contribution in [0.15, 0.2) is 4.47 Å². The molecule has 3 nitrogen and oxygen atoms in total. The number of nitrogens with zero attached hydrogens (tertiary/aromatic N) is 2. The normalized spacial score (nSPS) is 26.2. The van der Waals surface area contributed by atoms with Crippen LogP contribution >= 0.6 is 15.9 Å². The molecule has 3 unspecified atom stereocenters. The average Bonchev–Trinajstić information content (AvgIpc) is 2.78. The largest absolute Gasteiger partial charge is 0.319 e. The minimum atomic E-state index is 0.782. The van der Waals surface area contributed by atoms with Crippen LogP contribution in [-0.2, 0) is 19.4 Å². The minimum Gasteiger partial charge on any atom is -0.319 e. The molecule has 0 amide bonds. The molecule has 1 heterocycles. The number of nitrogens with one attached hydrogen (secondary N) is 1. The Bertz CT molecular complexity index is 455. The van der Waals surface area contributed by atoms with Gasteiger partial charge < -0.3 is 5.32 Å². The van der Waals surface area contributed by atoms with Gasteiger partial charge >= 0.3 is 0 Å². The summed E-state index contributed by atoms with van der Waals surface area (Å²) in [4.78, 5) is 0. The monoisotopic (exact) mass is 355 g/mol. The van der Waals surface area contributed by atoms with Gasteiger partial charge in [-0.15, -0.1) is 0 Å². The second-order valence-corrected chi connectivity index (χ2v) is 7.37. The van der Waals surface area contributed by atoms with Crippen LogP contribution in [0.25, 0.3) is 0 Å². The molecule has 21 heavy (non-hydrogen) atoms. The first-order chi connectivity index (χ1) is 10.1. The first-order valence-corrected chi connectivity index (χ1v) is 9.28. The molecule has 1 aliphatic rings. The van der Waals surface area contributed by atoms with Gasteiger partial charge in [0, 0.05) is 6.54 Å². The summed E-state index contributed by atoms with van der Waals surface area (Å²) in [5, 5.41) is 8.15. The molecule has 0 aliphatic heterocycles. The zero-order chi connectivity index (χ0) is 15.4. The second-order valence-electron chi connectivity index (χ2n) is 6.58. The topological polar surface area (TPSA) is 29.9 Å². The Morgan fingerprint density at radius 1 is 1.29 bits per heavy atom.